The number of amides is 1. The Morgan fingerprint density at radius 3 is 2.42 bits per heavy atom. The lowest BCUT2D eigenvalue weighted by atomic mass is 9.90. The molecule has 156 valence electrons. The van der Waals surface area contributed by atoms with Gasteiger partial charge in [-0.25, -0.2) is 4.98 Å². The van der Waals surface area contributed by atoms with E-state index in [0.29, 0.717) is 22.9 Å². The summed E-state index contributed by atoms with van der Waals surface area (Å²) in [4.78, 5) is 20.1. The molecule has 1 saturated heterocycles. The molecular weight excluding hydrogens is 386 g/mol. The van der Waals surface area contributed by atoms with Gasteiger partial charge in [-0.1, -0.05) is 65.8 Å². The van der Waals surface area contributed by atoms with Crippen molar-refractivity contribution in [3.8, 4) is 11.3 Å². The smallest absolute Gasteiger partial charge is 0.259 e. The first-order chi connectivity index (χ1) is 15.2. The van der Waals surface area contributed by atoms with Crippen LogP contribution in [0.4, 0.5) is 0 Å². The van der Waals surface area contributed by atoms with Crippen LogP contribution in [0, 0.1) is 12.8 Å². The number of likely N-dealkylation sites (tertiary alicyclic amines) is 1. The van der Waals surface area contributed by atoms with E-state index in [9.17, 15) is 4.79 Å². The number of aromatic nitrogens is 2. The van der Waals surface area contributed by atoms with E-state index in [0.717, 1.165) is 49.0 Å². The fourth-order valence-electron chi connectivity index (χ4n) is 4.48. The van der Waals surface area contributed by atoms with Gasteiger partial charge in [0.05, 0.1) is 22.3 Å². The van der Waals surface area contributed by atoms with Crippen LogP contribution in [0.15, 0.2) is 71.3 Å². The summed E-state index contributed by atoms with van der Waals surface area (Å²) < 4.78 is 5.44. The number of hydrogen-bond acceptors (Lipinski definition) is 4. The Morgan fingerprint density at radius 2 is 1.71 bits per heavy atom. The lowest BCUT2D eigenvalue weighted by Gasteiger charge is -2.32. The number of fused-ring (bicyclic) bond motifs is 1. The lowest BCUT2D eigenvalue weighted by molar-refractivity contribution is 0.0692. The van der Waals surface area contributed by atoms with Gasteiger partial charge in [0.2, 0.25) is 0 Å². The Kier molecular flexibility index (Phi) is 5.24. The first-order valence-electron chi connectivity index (χ1n) is 10.8. The van der Waals surface area contributed by atoms with Gasteiger partial charge in [-0.05, 0) is 43.7 Å². The van der Waals surface area contributed by atoms with E-state index in [1.54, 1.807) is 0 Å². The Labute approximate surface area is 181 Å². The van der Waals surface area contributed by atoms with Gasteiger partial charge in [0.1, 0.15) is 0 Å². The zero-order chi connectivity index (χ0) is 21.2. The Hall–Kier alpha value is -3.47. The summed E-state index contributed by atoms with van der Waals surface area (Å²) in [5, 5.41) is 4.79. The van der Waals surface area contributed by atoms with Crippen molar-refractivity contribution < 1.29 is 9.32 Å². The van der Waals surface area contributed by atoms with E-state index in [1.807, 2.05) is 48.2 Å². The third kappa shape index (κ3) is 3.96. The third-order valence-corrected chi connectivity index (χ3v) is 6.19. The van der Waals surface area contributed by atoms with E-state index in [-0.39, 0.29) is 5.91 Å². The number of nitrogens with zero attached hydrogens (tertiary/aromatic N) is 3. The molecule has 5 heteroatoms. The van der Waals surface area contributed by atoms with Crippen molar-refractivity contribution in [2.75, 3.05) is 13.1 Å². The lowest BCUT2D eigenvalue weighted by Crippen LogP contribution is -2.39. The van der Waals surface area contributed by atoms with Gasteiger partial charge in [0.15, 0.2) is 0 Å². The van der Waals surface area contributed by atoms with Crippen molar-refractivity contribution in [1.82, 2.24) is 15.0 Å². The molecule has 0 saturated carbocycles. The molecule has 0 bridgehead atoms. The highest BCUT2D eigenvalue weighted by Gasteiger charge is 2.27. The molecule has 5 rings (SSSR count). The van der Waals surface area contributed by atoms with Gasteiger partial charge in [-0.2, -0.15) is 0 Å². The summed E-state index contributed by atoms with van der Waals surface area (Å²) in [5.41, 5.74) is 4.80. The summed E-state index contributed by atoms with van der Waals surface area (Å²) in [5.74, 6) is 0.648. The normalized spacial score (nSPS) is 14.8. The number of carbonyl (C=O) groups is 1. The molecule has 5 nitrogen and oxygen atoms in total. The molecule has 1 aliphatic heterocycles. The van der Waals surface area contributed by atoms with Crippen LogP contribution in [-0.4, -0.2) is 34.0 Å². The molecule has 2 aromatic carbocycles. The average molecular weight is 412 g/mol. The van der Waals surface area contributed by atoms with E-state index in [2.05, 4.69) is 40.5 Å². The second-order valence-corrected chi connectivity index (χ2v) is 8.29. The molecule has 4 aromatic rings. The van der Waals surface area contributed by atoms with Gasteiger partial charge < -0.3 is 9.42 Å². The average Bonchev–Trinajstić information content (AvgIpc) is 3.20. The highest BCUT2D eigenvalue weighted by molar-refractivity contribution is 6.07. The molecule has 0 spiro atoms. The summed E-state index contributed by atoms with van der Waals surface area (Å²) in [6.07, 6.45) is 3.11. The second kappa shape index (κ2) is 8.34. The number of hydrogen-bond donors (Lipinski definition) is 0. The van der Waals surface area contributed by atoms with Crippen LogP contribution in [0.25, 0.3) is 22.4 Å². The number of rotatable bonds is 4. The monoisotopic (exact) mass is 411 g/mol. The first-order valence-corrected chi connectivity index (χ1v) is 10.8. The molecule has 1 aliphatic rings. The number of benzene rings is 2. The maximum atomic E-state index is 13.5. The molecule has 1 fully saturated rings. The third-order valence-electron chi connectivity index (χ3n) is 6.19. The maximum Gasteiger partial charge on any atom is 0.259 e. The largest absolute Gasteiger partial charge is 0.339 e. The van der Waals surface area contributed by atoms with Crippen molar-refractivity contribution in [1.29, 1.82) is 0 Å². The van der Waals surface area contributed by atoms with Crippen molar-refractivity contribution >= 4 is 17.0 Å². The van der Waals surface area contributed by atoms with E-state index in [1.165, 1.54) is 5.56 Å². The molecule has 1 amide bonds. The van der Waals surface area contributed by atoms with Gasteiger partial charge in [0, 0.05) is 18.7 Å². The molecule has 0 aliphatic carbocycles. The fraction of sp³-hybridized carbons (Fsp3) is 0.269. The van der Waals surface area contributed by atoms with Gasteiger partial charge in [-0.3, -0.25) is 4.79 Å². The summed E-state index contributed by atoms with van der Waals surface area (Å²) in [7, 11) is 0. The molecule has 0 atom stereocenters. The van der Waals surface area contributed by atoms with Crippen LogP contribution in [-0.2, 0) is 6.42 Å². The van der Waals surface area contributed by atoms with Crippen LogP contribution in [0.3, 0.4) is 0 Å². The van der Waals surface area contributed by atoms with E-state index >= 15 is 0 Å². The first kappa shape index (κ1) is 19.5. The highest BCUT2D eigenvalue weighted by Crippen LogP contribution is 2.29. The number of aryl methyl sites for hydroxylation is 1. The van der Waals surface area contributed by atoms with Crippen LogP contribution < -0.4 is 0 Å². The highest BCUT2D eigenvalue weighted by atomic mass is 16.5. The van der Waals surface area contributed by atoms with Crippen LogP contribution in [0.5, 0.6) is 0 Å². The van der Waals surface area contributed by atoms with E-state index in [4.69, 9.17) is 4.52 Å². The quantitative estimate of drug-likeness (QED) is 0.458. The molecule has 0 N–H and O–H groups in total. The minimum absolute atomic E-state index is 0.0362. The number of pyridine rings is 1. The molecule has 3 heterocycles. The second-order valence-electron chi connectivity index (χ2n) is 8.29. The zero-order valence-electron chi connectivity index (χ0n) is 17.6. The topological polar surface area (TPSA) is 59.2 Å². The summed E-state index contributed by atoms with van der Waals surface area (Å²) >= 11 is 0. The standard InChI is InChI=1S/C26H25N3O2/c1-18-24-22(17-23(27-25(24)31-28-18)21-10-6-3-7-11-21)26(30)29-14-12-20(13-15-29)16-19-8-4-2-5-9-19/h2-11,17,20H,12-16H2,1H3. The molecule has 31 heavy (non-hydrogen) atoms. The Morgan fingerprint density at radius 1 is 1.03 bits per heavy atom. The van der Waals surface area contributed by atoms with Gasteiger partial charge in [-0.15, -0.1) is 0 Å². The fourth-order valence-corrected chi connectivity index (χ4v) is 4.48. The Balaban J connectivity index is 1.39. The van der Waals surface area contributed by atoms with Crippen molar-refractivity contribution in [2.24, 2.45) is 5.92 Å². The molecule has 2 aromatic heterocycles. The van der Waals surface area contributed by atoms with Gasteiger partial charge >= 0.3 is 0 Å². The predicted molar refractivity (Wildman–Crippen MR) is 121 cm³/mol. The van der Waals surface area contributed by atoms with Crippen LogP contribution in [0.2, 0.25) is 0 Å². The molecular formula is C26H25N3O2. The minimum atomic E-state index is 0.0362. The minimum Gasteiger partial charge on any atom is -0.339 e. The van der Waals surface area contributed by atoms with Crippen molar-refractivity contribution in [2.45, 2.75) is 26.2 Å². The number of carbonyl (C=O) groups excluding carboxylic acids is 1. The molecule has 0 radical (unpaired) electrons. The number of piperidine rings is 1. The predicted octanol–water partition coefficient (Wildman–Crippen LogP) is 5.29. The SMILES string of the molecule is Cc1noc2nc(-c3ccccc3)cc(C(=O)N3CCC(Cc4ccccc4)CC3)c12. The van der Waals surface area contributed by atoms with E-state index < -0.39 is 0 Å². The van der Waals surface area contributed by atoms with Gasteiger partial charge in [0.25, 0.3) is 11.6 Å². The Bertz CT molecular complexity index is 1190. The van der Waals surface area contributed by atoms with Crippen molar-refractivity contribution in [3.05, 3.63) is 83.6 Å². The van der Waals surface area contributed by atoms with Crippen LogP contribution >= 0.6 is 0 Å². The van der Waals surface area contributed by atoms with Crippen molar-refractivity contribution in [3.63, 3.8) is 0 Å². The maximum absolute atomic E-state index is 13.5. The summed E-state index contributed by atoms with van der Waals surface area (Å²) in [6.45, 7) is 3.40. The zero-order valence-corrected chi connectivity index (χ0v) is 17.6. The molecule has 0 unspecified atom stereocenters. The van der Waals surface area contributed by atoms with Crippen LogP contribution in [0.1, 0.15) is 34.5 Å². The summed E-state index contributed by atoms with van der Waals surface area (Å²) in [6, 6.07) is 22.4.